The highest BCUT2D eigenvalue weighted by Crippen LogP contribution is 2.38. The van der Waals surface area contributed by atoms with Crippen molar-refractivity contribution >= 4 is 36.6 Å². The molecule has 0 N–H and O–H groups in total. The monoisotopic (exact) mass is 412 g/mol. The van der Waals surface area contributed by atoms with Gasteiger partial charge in [0.1, 0.15) is 5.75 Å². The summed E-state index contributed by atoms with van der Waals surface area (Å²) in [5, 5.41) is 1.00. The zero-order valence-electron chi connectivity index (χ0n) is 16.0. The van der Waals surface area contributed by atoms with Gasteiger partial charge in [0.2, 0.25) is 0 Å². The molecule has 0 heterocycles. The first-order chi connectivity index (χ1) is 10.8. The third kappa shape index (κ3) is 4.49. The summed E-state index contributed by atoms with van der Waals surface area (Å²) < 4.78 is 66.9. The van der Waals surface area contributed by atoms with Gasteiger partial charge in [0, 0.05) is 0 Å². The van der Waals surface area contributed by atoms with Crippen LogP contribution in [-0.2, 0) is 10.1 Å². The fourth-order valence-corrected chi connectivity index (χ4v) is 6.57. The summed E-state index contributed by atoms with van der Waals surface area (Å²) in [4.78, 5) is 0. The number of benzene rings is 1. The Morgan fingerprint density at radius 3 is 1.72 bits per heavy atom. The average Bonchev–Trinajstić information content (AvgIpc) is 2.34. The minimum atomic E-state index is -5.72. The summed E-state index contributed by atoms with van der Waals surface area (Å²) in [6.07, 6.45) is 0. The lowest BCUT2D eigenvalue weighted by atomic mass is 10.2. The predicted octanol–water partition coefficient (Wildman–Crippen LogP) is 4.18. The molecule has 0 aliphatic carbocycles. The van der Waals surface area contributed by atoms with Crippen molar-refractivity contribution in [3.63, 3.8) is 0 Å². The van der Waals surface area contributed by atoms with Gasteiger partial charge in [-0.1, -0.05) is 71.7 Å². The molecule has 0 atom stereocenters. The fraction of sp³-hybridized carbons (Fsp3) is 0.625. The molecule has 0 saturated heterocycles. The van der Waals surface area contributed by atoms with E-state index in [0.29, 0.717) is 10.4 Å². The second kappa shape index (κ2) is 6.42. The Bertz CT molecular complexity index is 743. The van der Waals surface area contributed by atoms with Gasteiger partial charge in [0.15, 0.2) is 0 Å². The maximum absolute atomic E-state index is 12.9. The van der Waals surface area contributed by atoms with Crippen molar-refractivity contribution in [1.82, 2.24) is 0 Å². The van der Waals surface area contributed by atoms with E-state index in [1.165, 1.54) is 0 Å². The summed E-state index contributed by atoms with van der Waals surface area (Å²) in [7, 11) is -10.2. The largest absolute Gasteiger partial charge is 0.534 e. The van der Waals surface area contributed by atoms with Crippen LogP contribution in [0, 0.1) is 0 Å². The van der Waals surface area contributed by atoms with Crippen LogP contribution in [0.25, 0.3) is 0 Å². The smallest absolute Gasteiger partial charge is 0.376 e. The predicted molar refractivity (Wildman–Crippen MR) is 102 cm³/mol. The van der Waals surface area contributed by atoms with Crippen molar-refractivity contribution in [2.75, 3.05) is 0 Å². The molecule has 0 aliphatic heterocycles. The van der Waals surface area contributed by atoms with Crippen LogP contribution in [0.5, 0.6) is 5.75 Å². The van der Waals surface area contributed by atoms with Crippen LogP contribution in [0.1, 0.15) is 20.8 Å². The van der Waals surface area contributed by atoms with E-state index in [1.807, 2.05) is 53.5 Å². The Morgan fingerprint density at radius 1 is 0.920 bits per heavy atom. The molecule has 0 radical (unpaired) electrons. The molecular formula is C16H27F3O3SSi2. The standard InChI is InChI=1S/C16H27F3O3SSi2/c1-15(2,3)25(7,8)13-11-9-10-12(24(4,5)6)14(13)22-23(20,21)16(17,18)19/h9-11H,1-8H3. The second-order valence-electron chi connectivity index (χ2n) is 8.79. The van der Waals surface area contributed by atoms with Gasteiger partial charge in [-0.3, -0.25) is 0 Å². The van der Waals surface area contributed by atoms with Crippen LogP contribution in [-0.4, -0.2) is 30.1 Å². The number of alkyl halides is 3. The van der Waals surface area contributed by atoms with Crippen molar-refractivity contribution in [1.29, 1.82) is 0 Å². The zero-order chi connectivity index (χ0) is 20.1. The van der Waals surface area contributed by atoms with E-state index in [1.54, 1.807) is 18.2 Å². The molecule has 0 aliphatic rings. The first kappa shape index (κ1) is 22.2. The number of rotatable bonds is 4. The highest BCUT2D eigenvalue weighted by atomic mass is 32.2. The summed E-state index contributed by atoms with van der Waals surface area (Å²) in [6, 6.07) is 5.18. The Balaban J connectivity index is 3.79. The molecule has 144 valence electrons. The van der Waals surface area contributed by atoms with E-state index in [-0.39, 0.29) is 10.8 Å². The van der Waals surface area contributed by atoms with Crippen molar-refractivity contribution < 1.29 is 25.8 Å². The molecule has 0 spiro atoms. The lowest BCUT2D eigenvalue weighted by Crippen LogP contribution is -2.53. The Kier molecular flexibility index (Phi) is 5.71. The molecule has 1 rings (SSSR count). The molecule has 25 heavy (non-hydrogen) atoms. The molecule has 0 amide bonds. The molecule has 0 fully saturated rings. The highest BCUT2D eigenvalue weighted by Gasteiger charge is 2.50. The van der Waals surface area contributed by atoms with Gasteiger partial charge in [0.25, 0.3) is 0 Å². The summed E-state index contributed by atoms with van der Waals surface area (Å²) in [6.45, 7) is 15.9. The molecule has 0 aromatic heterocycles. The van der Waals surface area contributed by atoms with E-state index in [4.69, 9.17) is 4.18 Å². The minimum Gasteiger partial charge on any atom is -0.376 e. The van der Waals surface area contributed by atoms with Gasteiger partial charge in [0.05, 0.1) is 16.1 Å². The number of para-hydroxylation sites is 1. The molecule has 1 aromatic rings. The Labute approximate surface area is 150 Å². The van der Waals surface area contributed by atoms with Crippen molar-refractivity contribution in [3.8, 4) is 5.75 Å². The lowest BCUT2D eigenvalue weighted by molar-refractivity contribution is -0.0499. The topological polar surface area (TPSA) is 43.4 Å². The minimum absolute atomic E-state index is 0.106. The number of hydrogen-bond donors (Lipinski definition) is 0. The van der Waals surface area contributed by atoms with Crippen LogP contribution < -0.4 is 14.6 Å². The lowest BCUT2D eigenvalue weighted by Gasteiger charge is -2.39. The Hall–Kier alpha value is -0.806. The Morgan fingerprint density at radius 2 is 1.36 bits per heavy atom. The van der Waals surface area contributed by atoms with E-state index >= 15 is 0 Å². The molecule has 1 aromatic carbocycles. The van der Waals surface area contributed by atoms with Crippen molar-refractivity contribution in [2.45, 2.75) is 64.1 Å². The van der Waals surface area contributed by atoms with E-state index in [2.05, 4.69) is 0 Å². The maximum atomic E-state index is 12.9. The third-order valence-electron chi connectivity index (χ3n) is 4.85. The fourth-order valence-electron chi connectivity index (χ4n) is 2.27. The van der Waals surface area contributed by atoms with Crippen LogP contribution in [0.4, 0.5) is 13.2 Å². The molecule has 9 heteroatoms. The average molecular weight is 413 g/mol. The van der Waals surface area contributed by atoms with Gasteiger partial charge in [-0.2, -0.15) is 21.6 Å². The quantitative estimate of drug-likeness (QED) is 0.423. The summed E-state index contributed by atoms with van der Waals surface area (Å²) in [5.41, 5.74) is -5.45. The summed E-state index contributed by atoms with van der Waals surface area (Å²) in [5.74, 6) is -0.106. The van der Waals surface area contributed by atoms with Crippen molar-refractivity contribution in [2.24, 2.45) is 0 Å². The molecule has 3 nitrogen and oxygen atoms in total. The molecule has 0 unspecified atom stereocenters. The van der Waals surface area contributed by atoms with Gasteiger partial charge >= 0.3 is 15.6 Å². The normalized spacial score (nSPS) is 14.5. The first-order valence-electron chi connectivity index (χ1n) is 7.97. The van der Waals surface area contributed by atoms with Gasteiger partial charge in [-0.15, -0.1) is 0 Å². The van der Waals surface area contributed by atoms with E-state index in [9.17, 15) is 21.6 Å². The van der Waals surface area contributed by atoms with Gasteiger partial charge in [-0.05, 0) is 15.4 Å². The van der Waals surface area contributed by atoms with E-state index in [0.717, 1.165) is 0 Å². The maximum Gasteiger partial charge on any atom is 0.534 e. The first-order valence-corrected chi connectivity index (χ1v) is 15.9. The SMILES string of the molecule is CC(C)(C)[Si](C)(C)c1cccc([Si](C)(C)C)c1OS(=O)(=O)C(F)(F)F. The van der Waals surface area contributed by atoms with Crippen LogP contribution in [0.15, 0.2) is 18.2 Å². The van der Waals surface area contributed by atoms with Gasteiger partial charge in [-0.25, -0.2) is 0 Å². The molecule has 0 saturated carbocycles. The zero-order valence-corrected chi connectivity index (χ0v) is 18.8. The van der Waals surface area contributed by atoms with Gasteiger partial charge < -0.3 is 4.18 Å². The van der Waals surface area contributed by atoms with Crippen LogP contribution >= 0.6 is 0 Å². The molecular weight excluding hydrogens is 385 g/mol. The van der Waals surface area contributed by atoms with Crippen molar-refractivity contribution in [3.05, 3.63) is 18.2 Å². The third-order valence-corrected chi connectivity index (χ3v) is 13.3. The van der Waals surface area contributed by atoms with Crippen LogP contribution in [0.2, 0.25) is 37.8 Å². The summed E-state index contributed by atoms with van der Waals surface area (Å²) >= 11 is 0. The van der Waals surface area contributed by atoms with E-state index < -0.39 is 31.8 Å². The number of halogens is 3. The molecule has 0 bridgehead atoms. The highest BCUT2D eigenvalue weighted by molar-refractivity contribution is 7.88. The second-order valence-corrected chi connectivity index (χ2v) is 20.7. The van der Waals surface area contributed by atoms with Crippen LogP contribution in [0.3, 0.4) is 0 Å². The number of hydrogen-bond acceptors (Lipinski definition) is 3.